The average molecular weight is 338 g/mol. The van der Waals surface area contributed by atoms with Crippen LogP contribution in [0.4, 0.5) is 4.39 Å². The fourth-order valence-electron chi connectivity index (χ4n) is 2.14. The van der Waals surface area contributed by atoms with Crippen molar-refractivity contribution in [1.29, 1.82) is 0 Å². The monoisotopic (exact) mass is 338 g/mol. The molecule has 3 aromatic rings. The molecule has 25 heavy (non-hydrogen) atoms. The zero-order valence-corrected chi connectivity index (χ0v) is 13.1. The topological polar surface area (TPSA) is 90.0 Å². The molecule has 6 nitrogen and oxygen atoms in total. The first-order valence-corrected chi connectivity index (χ1v) is 7.39. The van der Waals surface area contributed by atoms with Crippen molar-refractivity contribution < 1.29 is 14.3 Å². The number of rotatable bonds is 5. The summed E-state index contributed by atoms with van der Waals surface area (Å²) in [6, 6.07) is 13.8. The number of halogens is 1. The van der Waals surface area contributed by atoms with E-state index >= 15 is 0 Å². The number of carbonyl (C=O) groups excluding carboxylic acids is 1. The Balaban J connectivity index is 1.63. The number of hydrogen-bond donors (Lipinski definition) is 4. The highest BCUT2D eigenvalue weighted by Crippen LogP contribution is 2.18. The van der Waals surface area contributed by atoms with Gasteiger partial charge in [-0.25, -0.2) is 4.39 Å². The Morgan fingerprint density at radius 2 is 1.76 bits per heavy atom. The lowest BCUT2D eigenvalue weighted by Gasteiger charge is -2.10. The number of carbonyl (C=O) groups is 1. The normalized spacial score (nSPS) is 10.3. The predicted octanol–water partition coefficient (Wildman–Crippen LogP) is 2.83. The predicted molar refractivity (Wildman–Crippen MR) is 91.7 cm³/mol. The second-order valence-electron chi connectivity index (χ2n) is 5.28. The molecule has 1 heterocycles. The Hall–Kier alpha value is -3.61. The minimum atomic E-state index is -0.430. The van der Waals surface area contributed by atoms with Crippen molar-refractivity contribution in [3.05, 3.63) is 78.3 Å². The van der Waals surface area contributed by atoms with E-state index in [2.05, 4.69) is 27.6 Å². The Morgan fingerprint density at radius 1 is 1.08 bits per heavy atom. The van der Waals surface area contributed by atoms with Gasteiger partial charge in [-0.2, -0.15) is 5.10 Å². The number of hydrazine groups is 1. The maximum atomic E-state index is 13.0. The van der Waals surface area contributed by atoms with Crippen LogP contribution in [0.2, 0.25) is 0 Å². The summed E-state index contributed by atoms with van der Waals surface area (Å²) in [6.07, 6.45) is 0. The molecule has 0 spiro atoms. The van der Waals surface area contributed by atoms with Crippen LogP contribution in [0.3, 0.4) is 0 Å². The summed E-state index contributed by atoms with van der Waals surface area (Å²) in [6.45, 7) is 3.81. The van der Waals surface area contributed by atoms with Crippen molar-refractivity contribution in [2.24, 2.45) is 0 Å². The fourth-order valence-corrected chi connectivity index (χ4v) is 2.14. The number of nitrogens with one attached hydrogen (secondary N) is 3. The highest BCUT2D eigenvalue weighted by molar-refractivity contribution is 5.93. The summed E-state index contributed by atoms with van der Waals surface area (Å²) in [5.74, 6) is -0.624. The van der Waals surface area contributed by atoms with Gasteiger partial charge in [0.05, 0.1) is 11.4 Å². The van der Waals surface area contributed by atoms with Crippen LogP contribution in [0.15, 0.2) is 61.2 Å². The lowest BCUT2D eigenvalue weighted by Crippen LogP contribution is -2.36. The van der Waals surface area contributed by atoms with Gasteiger partial charge in [0, 0.05) is 5.56 Å². The fraction of sp³-hybridized carbons (Fsp3) is 0. The number of phenols is 1. The summed E-state index contributed by atoms with van der Waals surface area (Å²) < 4.78 is 13.0. The van der Waals surface area contributed by atoms with Crippen molar-refractivity contribution >= 4 is 11.6 Å². The zero-order valence-electron chi connectivity index (χ0n) is 13.1. The molecule has 4 N–H and O–H groups in total. The van der Waals surface area contributed by atoms with Crippen LogP contribution in [0, 0.1) is 5.82 Å². The summed E-state index contributed by atoms with van der Waals surface area (Å²) in [7, 11) is 0. The number of hydrogen-bond acceptors (Lipinski definition) is 4. The molecule has 0 fully saturated rings. The molecule has 0 radical (unpaired) electrons. The van der Waals surface area contributed by atoms with Crippen LogP contribution in [-0.4, -0.2) is 21.2 Å². The van der Waals surface area contributed by atoms with Gasteiger partial charge in [0.2, 0.25) is 0 Å². The maximum absolute atomic E-state index is 13.0. The van der Waals surface area contributed by atoms with Crippen LogP contribution in [-0.2, 0) is 0 Å². The van der Waals surface area contributed by atoms with Crippen LogP contribution < -0.4 is 10.9 Å². The van der Waals surface area contributed by atoms with Gasteiger partial charge in [0.1, 0.15) is 17.3 Å². The first kappa shape index (κ1) is 16.3. The molecule has 0 atom stereocenters. The second kappa shape index (κ2) is 6.88. The van der Waals surface area contributed by atoms with E-state index in [9.17, 15) is 14.3 Å². The number of aromatic hydroxyl groups is 1. The minimum Gasteiger partial charge on any atom is -0.508 e. The Labute approximate surface area is 143 Å². The van der Waals surface area contributed by atoms with Crippen molar-refractivity contribution in [2.45, 2.75) is 0 Å². The van der Waals surface area contributed by atoms with Gasteiger partial charge in [0.15, 0.2) is 0 Å². The molecule has 1 amide bonds. The lowest BCUT2D eigenvalue weighted by molar-refractivity contribution is 0.0937. The third-order valence-corrected chi connectivity index (χ3v) is 3.51. The number of H-pyrrole nitrogens is 1. The second-order valence-corrected chi connectivity index (χ2v) is 5.28. The molecule has 1 aromatic heterocycles. The van der Waals surface area contributed by atoms with Crippen LogP contribution in [0.1, 0.15) is 16.1 Å². The Bertz CT molecular complexity index is 902. The molecule has 126 valence electrons. The number of aromatic nitrogens is 2. The third kappa shape index (κ3) is 3.84. The Morgan fingerprint density at radius 3 is 2.44 bits per heavy atom. The molecule has 0 saturated heterocycles. The first-order valence-electron chi connectivity index (χ1n) is 7.39. The number of benzene rings is 2. The van der Waals surface area contributed by atoms with Crippen LogP contribution >= 0.6 is 0 Å². The van der Waals surface area contributed by atoms with Gasteiger partial charge in [-0.3, -0.25) is 20.7 Å². The number of nitrogens with zero attached hydrogens (tertiary/aromatic N) is 1. The van der Waals surface area contributed by atoms with Crippen LogP contribution in [0.5, 0.6) is 5.75 Å². The standard InChI is InChI=1S/C18H15FN4O2/c1-11(12-4-8-15(24)9-5-12)20-23-18(25)17-10-16(21-22-17)13-2-6-14(19)7-3-13/h2-10,20,24H,1H2,(H,21,22)(H,23,25). The summed E-state index contributed by atoms with van der Waals surface area (Å²) in [5, 5.41) is 15.9. The summed E-state index contributed by atoms with van der Waals surface area (Å²) >= 11 is 0. The molecule has 0 unspecified atom stereocenters. The van der Waals surface area contributed by atoms with E-state index < -0.39 is 5.91 Å². The van der Waals surface area contributed by atoms with Crippen LogP contribution in [0.25, 0.3) is 17.0 Å². The van der Waals surface area contributed by atoms with Crippen molar-refractivity contribution in [1.82, 2.24) is 21.0 Å². The van der Waals surface area contributed by atoms with E-state index in [4.69, 9.17) is 0 Å². The number of aromatic amines is 1. The van der Waals surface area contributed by atoms with Gasteiger partial charge in [0.25, 0.3) is 5.91 Å². The van der Waals surface area contributed by atoms with Crippen molar-refractivity contribution in [3.8, 4) is 17.0 Å². The van der Waals surface area contributed by atoms with E-state index in [0.29, 0.717) is 17.0 Å². The number of phenolic OH excluding ortho intramolecular Hbond substituents is 1. The molecule has 3 rings (SSSR count). The van der Waals surface area contributed by atoms with E-state index in [1.54, 1.807) is 30.3 Å². The van der Waals surface area contributed by atoms with E-state index in [1.165, 1.54) is 24.3 Å². The highest BCUT2D eigenvalue weighted by Gasteiger charge is 2.11. The van der Waals surface area contributed by atoms with Gasteiger partial charge < -0.3 is 5.11 Å². The van der Waals surface area contributed by atoms with E-state index in [-0.39, 0.29) is 17.3 Å². The Kier molecular flexibility index (Phi) is 4.47. The highest BCUT2D eigenvalue weighted by atomic mass is 19.1. The van der Waals surface area contributed by atoms with Gasteiger partial charge in [-0.15, -0.1) is 0 Å². The smallest absolute Gasteiger partial charge is 0.287 e. The van der Waals surface area contributed by atoms with Gasteiger partial charge in [-0.1, -0.05) is 6.58 Å². The van der Waals surface area contributed by atoms with Crippen molar-refractivity contribution in [3.63, 3.8) is 0 Å². The van der Waals surface area contributed by atoms with E-state index in [0.717, 1.165) is 5.56 Å². The minimum absolute atomic E-state index is 0.145. The SMILES string of the molecule is C=C(NNC(=O)c1cc(-c2ccc(F)cc2)n[nH]1)c1ccc(O)cc1. The molecule has 0 aliphatic carbocycles. The van der Waals surface area contributed by atoms with Gasteiger partial charge >= 0.3 is 0 Å². The molecular formula is C18H15FN4O2. The maximum Gasteiger partial charge on any atom is 0.287 e. The molecule has 0 aliphatic rings. The van der Waals surface area contributed by atoms with Crippen molar-refractivity contribution in [2.75, 3.05) is 0 Å². The molecule has 0 saturated carbocycles. The number of amides is 1. The first-order chi connectivity index (χ1) is 12.0. The zero-order chi connectivity index (χ0) is 17.8. The molecule has 0 bridgehead atoms. The lowest BCUT2D eigenvalue weighted by atomic mass is 10.1. The van der Waals surface area contributed by atoms with E-state index in [1.807, 2.05) is 0 Å². The quantitative estimate of drug-likeness (QED) is 0.539. The summed E-state index contributed by atoms with van der Waals surface area (Å²) in [4.78, 5) is 12.1. The largest absolute Gasteiger partial charge is 0.508 e. The van der Waals surface area contributed by atoms with Gasteiger partial charge in [-0.05, 0) is 60.2 Å². The third-order valence-electron chi connectivity index (χ3n) is 3.51. The molecule has 0 aliphatic heterocycles. The summed E-state index contributed by atoms with van der Waals surface area (Å²) in [5.41, 5.74) is 7.85. The molecule has 2 aromatic carbocycles. The molecule has 7 heteroatoms. The molecular weight excluding hydrogens is 323 g/mol. The average Bonchev–Trinajstić information content (AvgIpc) is 3.11.